The first-order chi connectivity index (χ1) is 9.25. The molecule has 0 fully saturated rings. The molecule has 5 N–H and O–H groups in total. The van der Waals surface area contributed by atoms with E-state index >= 15 is 0 Å². The van der Waals surface area contributed by atoms with Gasteiger partial charge in [-0.25, -0.2) is 22.3 Å². The van der Waals surface area contributed by atoms with Crippen LogP contribution < -0.4 is 16.2 Å². The summed E-state index contributed by atoms with van der Waals surface area (Å²) in [4.78, 5) is -0.262. The second-order valence-electron chi connectivity index (χ2n) is 4.08. The molecular formula is C12H11F2N3O2S. The Balaban J connectivity index is 2.48. The standard InChI is InChI=1S/C12H11F2N3O2S/c13-7-3-8(14)5-10(4-7)17-11-2-1-9(15)6-12(11)20(16,18)19/h1-6,17H,15H2,(H2,16,18,19). The van der Waals surface area contributed by atoms with Crippen LogP contribution in [0.25, 0.3) is 0 Å². The average Bonchev–Trinajstić information content (AvgIpc) is 2.28. The summed E-state index contributed by atoms with van der Waals surface area (Å²) in [5.74, 6) is -1.58. The van der Waals surface area contributed by atoms with Crippen LogP contribution in [0.2, 0.25) is 0 Å². The van der Waals surface area contributed by atoms with Gasteiger partial charge in [0.05, 0.1) is 5.69 Å². The molecule has 106 valence electrons. The first kappa shape index (κ1) is 14.2. The second-order valence-corrected chi connectivity index (χ2v) is 5.61. The number of hydrogen-bond acceptors (Lipinski definition) is 4. The Morgan fingerprint density at radius 3 is 2.15 bits per heavy atom. The van der Waals surface area contributed by atoms with E-state index in [-0.39, 0.29) is 22.0 Å². The van der Waals surface area contributed by atoms with Crippen LogP contribution in [0.5, 0.6) is 0 Å². The number of nitrogens with two attached hydrogens (primary N) is 2. The predicted molar refractivity (Wildman–Crippen MR) is 71.9 cm³/mol. The number of hydrogen-bond donors (Lipinski definition) is 3. The van der Waals surface area contributed by atoms with Crippen molar-refractivity contribution in [1.29, 1.82) is 0 Å². The summed E-state index contributed by atoms with van der Waals surface area (Å²) in [5.41, 5.74) is 5.83. The van der Waals surface area contributed by atoms with Crippen LogP contribution >= 0.6 is 0 Å². The molecule has 2 rings (SSSR count). The molecule has 0 aliphatic rings. The Kier molecular flexibility index (Phi) is 3.60. The van der Waals surface area contributed by atoms with Crippen molar-refractivity contribution in [2.24, 2.45) is 5.14 Å². The smallest absolute Gasteiger partial charge is 0.240 e. The van der Waals surface area contributed by atoms with Crippen molar-refractivity contribution in [3.63, 3.8) is 0 Å². The summed E-state index contributed by atoms with van der Waals surface area (Å²) in [6, 6.07) is 6.70. The highest BCUT2D eigenvalue weighted by Gasteiger charge is 2.15. The van der Waals surface area contributed by atoms with E-state index in [1.54, 1.807) is 0 Å². The number of nitrogen functional groups attached to an aromatic ring is 1. The molecule has 20 heavy (non-hydrogen) atoms. The van der Waals surface area contributed by atoms with Gasteiger partial charge in [0.15, 0.2) is 0 Å². The maximum absolute atomic E-state index is 13.1. The third-order valence-corrected chi connectivity index (χ3v) is 3.40. The van der Waals surface area contributed by atoms with Gasteiger partial charge in [-0.2, -0.15) is 0 Å². The summed E-state index contributed by atoms with van der Waals surface area (Å²) in [6.07, 6.45) is 0. The zero-order valence-corrected chi connectivity index (χ0v) is 10.9. The quantitative estimate of drug-likeness (QED) is 0.754. The summed E-state index contributed by atoms with van der Waals surface area (Å²) in [5, 5.41) is 7.66. The molecule has 0 radical (unpaired) electrons. The number of halogens is 2. The van der Waals surface area contributed by atoms with Gasteiger partial charge in [-0.15, -0.1) is 0 Å². The van der Waals surface area contributed by atoms with Crippen LogP contribution in [0.1, 0.15) is 0 Å². The van der Waals surface area contributed by atoms with Crippen molar-refractivity contribution in [2.45, 2.75) is 4.90 Å². The molecule has 0 unspecified atom stereocenters. The van der Waals surface area contributed by atoms with Gasteiger partial charge in [0.2, 0.25) is 10.0 Å². The number of benzene rings is 2. The van der Waals surface area contributed by atoms with Gasteiger partial charge in [0.1, 0.15) is 16.5 Å². The molecule has 5 nitrogen and oxygen atoms in total. The van der Waals surface area contributed by atoms with Crippen LogP contribution in [0.3, 0.4) is 0 Å². The highest BCUT2D eigenvalue weighted by molar-refractivity contribution is 7.89. The highest BCUT2D eigenvalue weighted by atomic mass is 32.2. The van der Waals surface area contributed by atoms with E-state index in [0.717, 1.165) is 18.2 Å². The van der Waals surface area contributed by atoms with Gasteiger partial charge >= 0.3 is 0 Å². The summed E-state index contributed by atoms with van der Waals surface area (Å²) in [7, 11) is -4.03. The summed E-state index contributed by atoms with van der Waals surface area (Å²) >= 11 is 0. The van der Waals surface area contributed by atoms with Crippen molar-refractivity contribution < 1.29 is 17.2 Å². The first-order valence-electron chi connectivity index (χ1n) is 5.41. The molecule has 0 amide bonds. The maximum Gasteiger partial charge on any atom is 0.240 e. The zero-order valence-electron chi connectivity index (χ0n) is 10.1. The van der Waals surface area contributed by atoms with Crippen molar-refractivity contribution >= 4 is 27.1 Å². The summed E-state index contributed by atoms with van der Waals surface area (Å²) in [6.45, 7) is 0. The van der Waals surface area contributed by atoms with Gasteiger partial charge in [-0.3, -0.25) is 0 Å². The molecule has 0 spiro atoms. The molecule has 0 aliphatic heterocycles. The summed E-state index contributed by atoms with van der Waals surface area (Å²) < 4.78 is 49.1. The van der Waals surface area contributed by atoms with Gasteiger partial charge in [0.25, 0.3) is 0 Å². The molecule has 2 aromatic carbocycles. The van der Waals surface area contributed by atoms with Crippen LogP contribution in [0, 0.1) is 11.6 Å². The number of anilines is 3. The Labute approximate surface area is 114 Å². The van der Waals surface area contributed by atoms with Crippen LogP contribution in [0.15, 0.2) is 41.3 Å². The van der Waals surface area contributed by atoms with Crippen LogP contribution in [-0.4, -0.2) is 8.42 Å². The van der Waals surface area contributed by atoms with E-state index in [1.807, 2.05) is 0 Å². The Hall–Kier alpha value is -2.19. The third kappa shape index (κ3) is 3.22. The Morgan fingerprint density at radius 1 is 1.00 bits per heavy atom. The van der Waals surface area contributed by atoms with E-state index in [2.05, 4.69) is 5.32 Å². The predicted octanol–water partition coefficient (Wildman–Crippen LogP) is 1.94. The lowest BCUT2D eigenvalue weighted by atomic mass is 10.2. The minimum Gasteiger partial charge on any atom is -0.399 e. The van der Waals surface area contributed by atoms with Crippen molar-refractivity contribution in [3.8, 4) is 0 Å². The molecule has 0 bridgehead atoms. The van der Waals surface area contributed by atoms with E-state index in [1.165, 1.54) is 12.1 Å². The number of nitrogens with one attached hydrogen (secondary N) is 1. The molecule has 0 saturated heterocycles. The lowest BCUT2D eigenvalue weighted by Gasteiger charge is -2.11. The molecule has 2 aromatic rings. The SMILES string of the molecule is Nc1ccc(Nc2cc(F)cc(F)c2)c(S(N)(=O)=O)c1. The zero-order chi connectivity index (χ0) is 14.9. The Morgan fingerprint density at radius 2 is 1.60 bits per heavy atom. The maximum atomic E-state index is 13.1. The lowest BCUT2D eigenvalue weighted by molar-refractivity contribution is 0.584. The monoisotopic (exact) mass is 299 g/mol. The van der Waals surface area contributed by atoms with Crippen molar-refractivity contribution in [3.05, 3.63) is 48.0 Å². The molecule has 0 atom stereocenters. The lowest BCUT2D eigenvalue weighted by Crippen LogP contribution is -2.14. The van der Waals surface area contributed by atoms with Crippen LogP contribution in [0.4, 0.5) is 25.8 Å². The topological polar surface area (TPSA) is 98.2 Å². The number of primary sulfonamides is 1. The van der Waals surface area contributed by atoms with E-state index < -0.39 is 21.7 Å². The van der Waals surface area contributed by atoms with Crippen molar-refractivity contribution in [1.82, 2.24) is 0 Å². The third-order valence-electron chi connectivity index (χ3n) is 2.45. The molecule has 0 aromatic heterocycles. The minimum absolute atomic E-state index is 0.0529. The van der Waals surface area contributed by atoms with Gasteiger partial charge < -0.3 is 11.1 Å². The molecule has 0 aliphatic carbocycles. The van der Waals surface area contributed by atoms with E-state index in [0.29, 0.717) is 6.07 Å². The van der Waals surface area contributed by atoms with Gasteiger partial charge in [-0.05, 0) is 30.3 Å². The second kappa shape index (κ2) is 5.06. The van der Waals surface area contributed by atoms with Crippen molar-refractivity contribution in [2.75, 3.05) is 11.1 Å². The fraction of sp³-hybridized carbons (Fsp3) is 0. The van der Waals surface area contributed by atoms with Gasteiger partial charge in [-0.1, -0.05) is 0 Å². The minimum atomic E-state index is -4.03. The van der Waals surface area contributed by atoms with E-state index in [4.69, 9.17) is 10.9 Å². The van der Waals surface area contributed by atoms with Gasteiger partial charge in [0, 0.05) is 17.4 Å². The molecular weight excluding hydrogens is 288 g/mol. The fourth-order valence-corrected chi connectivity index (χ4v) is 2.39. The normalized spacial score (nSPS) is 11.3. The molecule has 8 heteroatoms. The largest absolute Gasteiger partial charge is 0.399 e. The first-order valence-corrected chi connectivity index (χ1v) is 6.96. The highest BCUT2D eigenvalue weighted by Crippen LogP contribution is 2.27. The Bertz CT molecular complexity index is 743. The number of sulfonamides is 1. The molecule has 0 heterocycles. The number of rotatable bonds is 3. The average molecular weight is 299 g/mol. The fourth-order valence-electron chi connectivity index (χ4n) is 1.66. The van der Waals surface area contributed by atoms with E-state index in [9.17, 15) is 17.2 Å². The molecule has 0 saturated carbocycles. The van der Waals surface area contributed by atoms with Crippen LogP contribution in [-0.2, 0) is 10.0 Å².